The molecule has 0 spiro atoms. The molecule has 0 bridgehead atoms. The minimum atomic E-state index is -0.381. The van der Waals surface area contributed by atoms with Crippen molar-refractivity contribution in [3.05, 3.63) is 39.4 Å². The molecule has 0 unspecified atom stereocenters. The summed E-state index contributed by atoms with van der Waals surface area (Å²) < 4.78 is 0. The van der Waals surface area contributed by atoms with Crippen LogP contribution in [0.15, 0.2) is 23.2 Å². The van der Waals surface area contributed by atoms with Gasteiger partial charge in [-0.25, -0.2) is 4.99 Å². The standard InChI is InChI=1S/C12H16N4O2/c1-8-9(3-2-4-11(8)16(17)18)7-14-12(13)15-10-5-6-10/h2-4,10H,5-7H2,1H3,(H3,13,14,15). The Labute approximate surface area is 105 Å². The van der Waals surface area contributed by atoms with Gasteiger partial charge in [0.25, 0.3) is 5.69 Å². The number of nitrogens with zero attached hydrogens (tertiary/aromatic N) is 2. The molecule has 0 radical (unpaired) electrons. The normalized spacial score (nSPS) is 15.5. The summed E-state index contributed by atoms with van der Waals surface area (Å²) in [5, 5.41) is 13.9. The van der Waals surface area contributed by atoms with E-state index in [0.29, 0.717) is 24.1 Å². The molecule has 18 heavy (non-hydrogen) atoms. The van der Waals surface area contributed by atoms with E-state index in [0.717, 1.165) is 18.4 Å². The molecule has 1 aromatic carbocycles. The molecule has 1 aromatic rings. The van der Waals surface area contributed by atoms with Crippen LogP contribution in [0, 0.1) is 17.0 Å². The van der Waals surface area contributed by atoms with E-state index >= 15 is 0 Å². The first-order valence-corrected chi connectivity index (χ1v) is 5.87. The molecule has 0 saturated heterocycles. The fourth-order valence-corrected chi connectivity index (χ4v) is 1.69. The number of hydrogen-bond acceptors (Lipinski definition) is 3. The number of benzene rings is 1. The molecule has 1 fully saturated rings. The molecule has 0 amide bonds. The van der Waals surface area contributed by atoms with E-state index in [1.165, 1.54) is 6.07 Å². The van der Waals surface area contributed by atoms with Crippen LogP contribution in [-0.2, 0) is 6.54 Å². The molecule has 0 heterocycles. The van der Waals surface area contributed by atoms with Crippen molar-refractivity contribution < 1.29 is 4.92 Å². The van der Waals surface area contributed by atoms with E-state index in [9.17, 15) is 10.1 Å². The van der Waals surface area contributed by atoms with Crippen LogP contribution in [0.3, 0.4) is 0 Å². The topological polar surface area (TPSA) is 93.5 Å². The fraction of sp³-hybridized carbons (Fsp3) is 0.417. The first-order valence-electron chi connectivity index (χ1n) is 5.87. The van der Waals surface area contributed by atoms with Crippen molar-refractivity contribution in [3.8, 4) is 0 Å². The molecule has 1 saturated carbocycles. The molecule has 6 nitrogen and oxygen atoms in total. The van der Waals surface area contributed by atoms with Gasteiger partial charge in [0.1, 0.15) is 0 Å². The smallest absolute Gasteiger partial charge is 0.272 e. The number of guanidine groups is 1. The average molecular weight is 248 g/mol. The highest BCUT2D eigenvalue weighted by Gasteiger charge is 2.21. The Morgan fingerprint density at radius 3 is 2.94 bits per heavy atom. The Hall–Kier alpha value is -2.11. The largest absolute Gasteiger partial charge is 0.370 e. The monoisotopic (exact) mass is 248 g/mol. The van der Waals surface area contributed by atoms with Gasteiger partial charge in [-0.15, -0.1) is 0 Å². The van der Waals surface area contributed by atoms with Crippen LogP contribution in [0.2, 0.25) is 0 Å². The summed E-state index contributed by atoms with van der Waals surface area (Å²) in [6.07, 6.45) is 2.26. The first kappa shape index (κ1) is 12.3. The van der Waals surface area contributed by atoms with Gasteiger partial charge in [0.15, 0.2) is 5.96 Å². The first-order chi connectivity index (χ1) is 8.58. The zero-order valence-electron chi connectivity index (χ0n) is 10.2. The van der Waals surface area contributed by atoms with Crippen LogP contribution in [0.25, 0.3) is 0 Å². The molecule has 0 atom stereocenters. The number of nitrogens with two attached hydrogens (primary N) is 1. The predicted molar refractivity (Wildman–Crippen MR) is 69.3 cm³/mol. The summed E-state index contributed by atoms with van der Waals surface area (Å²) in [6, 6.07) is 5.45. The minimum Gasteiger partial charge on any atom is -0.370 e. The van der Waals surface area contributed by atoms with E-state index in [2.05, 4.69) is 10.3 Å². The third-order valence-electron chi connectivity index (χ3n) is 2.96. The van der Waals surface area contributed by atoms with Crippen LogP contribution in [0.5, 0.6) is 0 Å². The molecule has 96 valence electrons. The second kappa shape index (κ2) is 5.03. The van der Waals surface area contributed by atoms with Crippen molar-refractivity contribution in [3.63, 3.8) is 0 Å². The zero-order chi connectivity index (χ0) is 13.1. The van der Waals surface area contributed by atoms with Gasteiger partial charge in [0.05, 0.1) is 11.5 Å². The lowest BCUT2D eigenvalue weighted by atomic mass is 10.1. The van der Waals surface area contributed by atoms with Crippen molar-refractivity contribution in [1.82, 2.24) is 5.32 Å². The Morgan fingerprint density at radius 2 is 2.33 bits per heavy atom. The molecule has 6 heteroatoms. The van der Waals surface area contributed by atoms with Gasteiger partial charge >= 0.3 is 0 Å². The molecule has 0 aromatic heterocycles. The lowest BCUT2D eigenvalue weighted by Gasteiger charge is -2.05. The van der Waals surface area contributed by atoms with Crippen molar-refractivity contribution in [2.24, 2.45) is 10.7 Å². The van der Waals surface area contributed by atoms with E-state index in [-0.39, 0.29) is 10.6 Å². The second-order valence-electron chi connectivity index (χ2n) is 4.44. The van der Waals surface area contributed by atoms with E-state index < -0.39 is 0 Å². The lowest BCUT2D eigenvalue weighted by Crippen LogP contribution is -2.33. The van der Waals surface area contributed by atoms with Crippen LogP contribution in [-0.4, -0.2) is 16.9 Å². The fourth-order valence-electron chi connectivity index (χ4n) is 1.69. The number of rotatable bonds is 4. The van der Waals surface area contributed by atoms with Crippen molar-refractivity contribution in [2.45, 2.75) is 32.4 Å². The molecular formula is C12H16N4O2. The summed E-state index contributed by atoms with van der Waals surface area (Å²) in [6.45, 7) is 2.09. The van der Waals surface area contributed by atoms with Crippen LogP contribution in [0.1, 0.15) is 24.0 Å². The number of nitro benzene ring substituents is 1. The van der Waals surface area contributed by atoms with E-state index in [4.69, 9.17) is 5.73 Å². The Kier molecular flexibility index (Phi) is 3.45. The highest BCUT2D eigenvalue weighted by atomic mass is 16.6. The van der Waals surface area contributed by atoms with E-state index in [1.54, 1.807) is 13.0 Å². The highest BCUT2D eigenvalue weighted by Crippen LogP contribution is 2.21. The van der Waals surface area contributed by atoms with Gasteiger partial charge < -0.3 is 11.1 Å². The van der Waals surface area contributed by atoms with Crippen molar-refractivity contribution in [1.29, 1.82) is 0 Å². The summed E-state index contributed by atoms with van der Waals surface area (Å²) in [5.74, 6) is 0.406. The van der Waals surface area contributed by atoms with Gasteiger partial charge in [-0.2, -0.15) is 0 Å². The van der Waals surface area contributed by atoms with Gasteiger partial charge in [-0.05, 0) is 25.3 Å². The lowest BCUT2D eigenvalue weighted by molar-refractivity contribution is -0.385. The van der Waals surface area contributed by atoms with Crippen LogP contribution in [0.4, 0.5) is 5.69 Å². The Bertz CT molecular complexity index is 495. The maximum Gasteiger partial charge on any atom is 0.272 e. The summed E-state index contributed by atoms with van der Waals surface area (Å²) >= 11 is 0. The Morgan fingerprint density at radius 1 is 1.61 bits per heavy atom. The van der Waals surface area contributed by atoms with Crippen LogP contribution < -0.4 is 11.1 Å². The van der Waals surface area contributed by atoms with Crippen molar-refractivity contribution >= 4 is 11.6 Å². The summed E-state index contributed by atoms with van der Waals surface area (Å²) in [7, 11) is 0. The second-order valence-corrected chi connectivity index (χ2v) is 4.44. The number of nitro groups is 1. The number of nitrogens with one attached hydrogen (secondary N) is 1. The number of hydrogen-bond donors (Lipinski definition) is 2. The van der Waals surface area contributed by atoms with Crippen molar-refractivity contribution in [2.75, 3.05) is 0 Å². The maximum absolute atomic E-state index is 10.8. The molecule has 0 aliphatic heterocycles. The number of aliphatic imine (C=N–C) groups is 1. The SMILES string of the molecule is Cc1c(CN=C(N)NC2CC2)cccc1[N+](=O)[O-]. The third-order valence-corrected chi connectivity index (χ3v) is 2.96. The summed E-state index contributed by atoms with van der Waals surface area (Å²) in [5.41, 5.74) is 7.30. The molecule has 1 aliphatic rings. The molecule has 3 N–H and O–H groups in total. The molecule has 1 aliphatic carbocycles. The van der Waals surface area contributed by atoms with Gasteiger partial charge in [0, 0.05) is 17.7 Å². The molecule has 2 rings (SSSR count). The van der Waals surface area contributed by atoms with Gasteiger partial charge in [-0.3, -0.25) is 10.1 Å². The van der Waals surface area contributed by atoms with Gasteiger partial charge in [-0.1, -0.05) is 12.1 Å². The Balaban J connectivity index is 2.08. The van der Waals surface area contributed by atoms with Crippen LogP contribution >= 0.6 is 0 Å². The third kappa shape index (κ3) is 2.97. The van der Waals surface area contributed by atoms with E-state index in [1.807, 2.05) is 6.07 Å². The summed E-state index contributed by atoms with van der Waals surface area (Å²) in [4.78, 5) is 14.6. The molecular weight excluding hydrogens is 232 g/mol. The average Bonchev–Trinajstić information content (AvgIpc) is 3.11. The quantitative estimate of drug-likeness (QED) is 0.365. The zero-order valence-corrected chi connectivity index (χ0v) is 10.2. The minimum absolute atomic E-state index is 0.122. The van der Waals surface area contributed by atoms with Gasteiger partial charge in [0.2, 0.25) is 0 Å². The predicted octanol–water partition coefficient (Wildman–Crippen LogP) is 1.47. The highest BCUT2D eigenvalue weighted by molar-refractivity contribution is 5.78. The maximum atomic E-state index is 10.8.